The van der Waals surface area contributed by atoms with Crippen molar-refractivity contribution in [3.63, 3.8) is 0 Å². The number of hydrogen-bond acceptors (Lipinski definition) is 6. The first kappa shape index (κ1) is 15.2. The molecule has 0 unspecified atom stereocenters. The lowest BCUT2D eigenvalue weighted by molar-refractivity contribution is 0.0718. The first-order valence-corrected chi connectivity index (χ1v) is 6.46. The van der Waals surface area contributed by atoms with E-state index in [0.717, 1.165) is 16.7 Å². The van der Waals surface area contributed by atoms with Crippen LogP contribution in [0.25, 0.3) is 11.1 Å². The fourth-order valence-corrected chi connectivity index (χ4v) is 1.69. The third-order valence-electron chi connectivity index (χ3n) is 3.18. The molecule has 0 aliphatic heterocycles. The minimum atomic E-state index is -1.24. The summed E-state index contributed by atoms with van der Waals surface area (Å²) >= 11 is 0. The monoisotopic (exact) mass is 287 g/mol. The summed E-state index contributed by atoms with van der Waals surface area (Å²) < 4.78 is 0. The quantitative estimate of drug-likeness (QED) is 0.663. The summed E-state index contributed by atoms with van der Waals surface area (Å²) in [4.78, 5) is 12.0. The average Bonchev–Trinajstić information content (AvgIpc) is 2.58. The molecule has 1 aromatic heterocycles. The van der Waals surface area contributed by atoms with E-state index in [1.54, 1.807) is 12.4 Å². The molecule has 0 radical (unpaired) electrons. The Hall–Kier alpha value is -2.15. The summed E-state index contributed by atoms with van der Waals surface area (Å²) in [6.45, 7) is -1.26. The van der Waals surface area contributed by atoms with Gasteiger partial charge in [0.15, 0.2) is 0 Å². The van der Waals surface area contributed by atoms with Gasteiger partial charge in [-0.05, 0) is 11.1 Å². The van der Waals surface area contributed by atoms with Gasteiger partial charge in [-0.2, -0.15) is 0 Å². The molecule has 6 heteroatoms. The first-order chi connectivity index (χ1) is 10.2. The highest BCUT2D eigenvalue weighted by Crippen LogP contribution is 2.17. The fourth-order valence-electron chi connectivity index (χ4n) is 1.69. The predicted molar refractivity (Wildman–Crippen MR) is 79.1 cm³/mol. The third kappa shape index (κ3) is 3.69. The topological polar surface area (TPSA) is 98.8 Å². The van der Waals surface area contributed by atoms with Crippen LogP contribution in [0.4, 0.5) is 0 Å². The van der Waals surface area contributed by atoms with Gasteiger partial charge in [-0.3, -0.25) is 4.99 Å². The second kappa shape index (κ2) is 7.03. The van der Waals surface area contributed by atoms with Gasteiger partial charge in [-0.15, -0.1) is 0 Å². The Labute approximate surface area is 122 Å². The first-order valence-electron chi connectivity index (χ1n) is 6.46. The van der Waals surface area contributed by atoms with Gasteiger partial charge in [-0.25, -0.2) is 9.97 Å². The molecule has 6 nitrogen and oxygen atoms in total. The molecule has 3 N–H and O–H groups in total. The molecule has 0 fully saturated rings. The standard InChI is InChI=1S/C15H17N3O3/c19-8-15(9-20,10-21)18-5-12-1-3-13(4-2-12)14-6-16-11-17-7-14/h1-7,11,19-21H,8-10H2. The molecule has 0 aliphatic carbocycles. The molecule has 1 aromatic carbocycles. The highest BCUT2D eigenvalue weighted by atomic mass is 16.3. The molecule has 0 saturated carbocycles. The van der Waals surface area contributed by atoms with Gasteiger partial charge >= 0.3 is 0 Å². The maximum atomic E-state index is 9.20. The van der Waals surface area contributed by atoms with Crippen LogP contribution < -0.4 is 0 Å². The van der Waals surface area contributed by atoms with Gasteiger partial charge in [-0.1, -0.05) is 24.3 Å². The van der Waals surface area contributed by atoms with E-state index in [4.69, 9.17) is 0 Å². The summed E-state index contributed by atoms with van der Waals surface area (Å²) in [6.07, 6.45) is 6.45. The van der Waals surface area contributed by atoms with Crippen LogP contribution in [0.3, 0.4) is 0 Å². The zero-order chi connectivity index (χ0) is 15.1. The van der Waals surface area contributed by atoms with Gasteiger partial charge in [0, 0.05) is 24.2 Å². The number of rotatable bonds is 6. The summed E-state index contributed by atoms with van der Waals surface area (Å²) in [7, 11) is 0. The van der Waals surface area contributed by atoms with E-state index < -0.39 is 25.4 Å². The van der Waals surface area contributed by atoms with Crippen molar-refractivity contribution in [2.24, 2.45) is 4.99 Å². The largest absolute Gasteiger partial charge is 0.394 e. The van der Waals surface area contributed by atoms with Gasteiger partial charge in [0.1, 0.15) is 11.9 Å². The second-order valence-electron chi connectivity index (χ2n) is 4.71. The van der Waals surface area contributed by atoms with Crippen molar-refractivity contribution in [3.8, 4) is 11.1 Å². The number of hydrogen-bond donors (Lipinski definition) is 3. The molecular weight excluding hydrogens is 270 g/mol. The van der Waals surface area contributed by atoms with E-state index in [2.05, 4.69) is 15.0 Å². The van der Waals surface area contributed by atoms with Crippen molar-refractivity contribution in [1.82, 2.24) is 9.97 Å². The van der Waals surface area contributed by atoms with E-state index in [9.17, 15) is 15.3 Å². The van der Waals surface area contributed by atoms with Gasteiger partial charge < -0.3 is 15.3 Å². The maximum absolute atomic E-state index is 9.20. The Morgan fingerprint density at radius 1 is 0.905 bits per heavy atom. The molecule has 1 heterocycles. The molecule has 2 aromatic rings. The van der Waals surface area contributed by atoms with Crippen LogP contribution in [0.5, 0.6) is 0 Å². The van der Waals surface area contributed by atoms with Crippen molar-refractivity contribution in [2.45, 2.75) is 5.54 Å². The van der Waals surface area contributed by atoms with Crippen LogP contribution in [0.2, 0.25) is 0 Å². The number of nitrogens with zero attached hydrogens (tertiary/aromatic N) is 3. The lowest BCUT2D eigenvalue weighted by Gasteiger charge is -2.21. The van der Waals surface area contributed by atoms with Crippen molar-refractivity contribution in [2.75, 3.05) is 19.8 Å². The Kier molecular flexibility index (Phi) is 5.10. The van der Waals surface area contributed by atoms with E-state index in [1.165, 1.54) is 12.5 Å². The van der Waals surface area contributed by atoms with Gasteiger partial charge in [0.25, 0.3) is 0 Å². The number of benzene rings is 1. The third-order valence-corrected chi connectivity index (χ3v) is 3.18. The Morgan fingerprint density at radius 3 is 2.00 bits per heavy atom. The smallest absolute Gasteiger partial charge is 0.129 e. The zero-order valence-electron chi connectivity index (χ0n) is 11.4. The van der Waals surface area contributed by atoms with Gasteiger partial charge in [0.2, 0.25) is 0 Å². The highest BCUT2D eigenvalue weighted by Gasteiger charge is 2.26. The molecule has 110 valence electrons. The molecule has 0 saturated heterocycles. The minimum Gasteiger partial charge on any atom is -0.394 e. The summed E-state index contributed by atoms with van der Waals surface area (Å²) in [5, 5.41) is 27.6. The van der Waals surface area contributed by atoms with Crippen LogP contribution in [0.15, 0.2) is 48.0 Å². The number of aliphatic imine (C=N–C) groups is 1. The van der Waals surface area contributed by atoms with Crippen molar-refractivity contribution < 1.29 is 15.3 Å². The Morgan fingerprint density at radius 2 is 1.48 bits per heavy atom. The summed E-state index contributed by atoms with van der Waals surface area (Å²) in [5.74, 6) is 0. The molecule has 0 aliphatic rings. The predicted octanol–water partition coefficient (Wildman–Crippen LogP) is 0.278. The SMILES string of the molecule is OCC(CO)(CO)N=Cc1ccc(-c2cncnc2)cc1. The molecule has 0 spiro atoms. The lowest BCUT2D eigenvalue weighted by atomic mass is 10.0. The summed E-state index contributed by atoms with van der Waals surface area (Å²) in [6, 6.07) is 7.50. The average molecular weight is 287 g/mol. The maximum Gasteiger partial charge on any atom is 0.129 e. The van der Waals surface area contributed by atoms with E-state index in [-0.39, 0.29) is 0 Å². The molecule has 0 amide bonds. The van der Waals surface area contributed by atoms with Crippen LogP contribution in [-0.4, -0.2) is 56.9 Å². The number of aromatic nitrogens is 2. The molecular formula is C15H17N3O3. The van der Waals surface area contributed by atoms with Crippen LogP contribution in [0, 0.1) is 0 Å². The van der Waals surface area contributed by atoms with Crippen LogP contribution in [0.1, 0.15) is 5.56 Å². The van der Waals surface area contributed by atoms with Crippen molar-refractivity contribution >= 4 is 6.21 Å². The summed E-state index contributed by atoms with van der Waals surface area (Å²) in [5.41, 5.74) is 1.45. The lowest BCUT2D eigenvalue weighted by Crippen LogP contribution is -2.39. The Bertz CT molecular complexity index is 573. The number of aliphatic hydroxyl groups excluding tert-OH is 3. The highest BCUT2D eigenvalue weighted by molar-refractivity contribution is 5.81. The minimum absolute atomic E-state index is 0.421. The van der Waals surface area contributed by atoms with Crippen LogP contribution in [-0.2, 0) is 0 Å². The van der Waals surface area contributed by atoms with Crippen molar-refractivity contribution in [3.05, 3.63) is 48.5 Å². The van der Waals surface area contributed by atoms with E-state index in [0.29, 0.717) is 0 Å². The van der Waals surface area contributed by atoms with Crippen LogP contribution >= 0.6 is 0 Å². The number of aliphatic hydroxyl groups is 3. The second-order valence-corrected chi connectivity index (χ2v) is 4.71. The molecule has 0 atom stereocenters. The van der Waals surface area contributed by atoms with E-state index >= 15 is 0 Å². The molecule has 21 heavy (non-hydrogen) atoms. The normalized spacial score (nSPS) is 12.0. The fraction of sp³-hybridized carbons (Fsp3) is 0.267. The van der Waals surface area contributed by atoms with Crippen molar-refractivity contribution in [1.29, 1.82) is 0 Å². The molecule has 2 rings (SSSR count). The zero-order valence-corrected chi connectivity index (χ0v) is 11.4. The Balaban J connectivity index is 2.16. The van der Waals surface area contributed by atoms with E-state index in [1.807, 2.05) is 24.3 Å². The molecule has 0 bridgehead atoms. The van der Waals surface area contributed by atoms with Gasteiger partial charge in [0.05, 0.1) is 19.8 Å².